The monoisotopic (exact) mass is 1110 g/mol. The molecule has 0 unspecified atom stereocenters. The first-order chi connectivity index (χ1) is 18.1. The maximum Gasteiger partial charge on any atom is 0.346 e. The second-order valence-electron chi connectivity index (χ2n) is 7.14. The van der Waals surface area contributed by atoms with Crippen LogP contribution in [0.5, 0.6) is 0 Å². The quantitative estimate of drug-likeness (QED) is 0.156. The van der Waals surface area contributed by atoms with Crippen molar-refractivity contribution in [3.63, 3.8) is 0 Å². The Hall–Kier alpha value is 0.330. The van der Waals surface area contributed by atoms with Gasteiger partial charge in [-0.25, -0.2) is 9.59 Å². The summed E-state index contributed by atoms with van der Waals surface area (Å²) >= 11 is 9.54. The van der Waals surface area contributed by atoms with Crippen LogP contribution in [0.4, 0.5) is 0 Å². The third kappa shape index (κ3) is 17.1. The molecule has 7 nitrogen and oxygen atoms in total. The van der Waals surface area contributed by atoms with E-state index < -0.39 is 11.9 Å². The minimum absolute atomic E-state index is 0. The van der Waals surface area contributed by atoms with E-state index in [4.69, 9.17) is 5.73 Å². The normalized spacial score (nSPS) is 11.5. The molecule has 0 aliphatic carbocycles. The van der Waals surface area contributed by atoms with Crippen molar-refractivity contribution in [2.45, 2.75) is 74.9 Å². The van der Waals surface area contributed by atoms with Gasteiger partial charge >= 0.3 is 62.4 Å². The van der Waals surface area contributed by atoms with Gasteiger partial charge in [0.2, 0.25) is 0 Å². The Kier molecular flexibility index (Phi) is 33.8. The zero-order valence-electron chi connectivity index (χ0n) is 22.7. The molecule has 2 aromatic carbocycles. The summed E-state index contributed by atoms with van der Waals surface area (Å²) in [6.07, 6.45) is 0. The van der Waals surface area contributed by atoms with Gasteiger partial charge in [0.1, 0.15) is 0 Å². The fraction of sp³-hybridized carbons (Fsp3) is 0.407. The van der Waals surface area contributed by atoms with Crippen molar-refractivity contribution in [2.75, 3.05) is 0 Å². The number of amides is 2. The third-order valence-corrected chi connectivity index (χ3v) is 3.89. The number of imide groups is 1. The molecule has 0 fully saturated rings. The van der Waals surface area contributed by atoms with E-state index in [9.17, 15) is 19.2 Å². The summed E-state index contributed by atoms with van der Waals surface area (Å²) in [5.41, 5.74) is 6.87. The topological polar surface area (TPSA) is 107 Å². The number of cyclic esters (lactones) is 2. The summed E-state index contributed by atoms with van der Waals surface area (Å²) in [4.78, 5) is 46.5. The van der Waals surface area contributed by atoms with E-state index in [1.165, 1.54) is 4.90 Å². The number of hydrogen-bond donors (Lipinski definition) is 1. The number of nitrogens with zero attached hydrogens (tertiary/aromatic N) is 1. The van der Waals surface area contributed by atoms with Crippen molar-refractivity contribution in [2.24, 2.45) is 5.73 Å². The molecule has 12 heteroatoms. The van der Waals surface area contributed by atoms with Gasteiger partial charge in [-0.1, -0.05) is 73.2 Å². The Bertz CT molecular complexity index is 918. The van der Waals surface area contributed by atoms with Crippen LogP contribution in [0, 0.1) is 0 Å². The van der Waals surface area contributed by atoms with Gasteiger partial charge in [-0.05, 0) is 44.2 Å². The SMILES string of the molecule is C.CC.CC.CC(C)N.CC(C)N1C(=O)c2ccccc2C1=O.II.I[I-]I.O=C1OC(=O)c2ccccc21. The van der Waals surface area contributed by atoms with Crippen LogP contribution in [-0.2, 0) is 4.74 Å². The van der Waals surface area contributed by atoms with E-state index in [1.807, 2.05) is 55.4 Å². The number of carbonyl (C=O) groups is 4. The van der Waals surface area contributed by atoms with Crippen LogP contribution >= 0.6 is 74.5 Å². The first-order valence-electron chi connectivity index (χ1n) is 11.7. The standard InChI is InChI=1S/C11H11NO2.C8H4O3.C3H9N.2C2H6.CH4.I3.I2/c1-7(2)12-10(13)8-5-3-4-6-9(8)11(12)14;9-7-5-3-1-2-4-6(5)8(10)11-7;1-3(2)4;2*1-2;;1-3-2;1-2/h3-7H,1-2H3;1-4H;3H,4H2,1-2H3;2*1-2H3;1H4;;/q;;;;;;-1;. The van der Waals surface area contributed by atoms with Gasteiger partial charge in [0.25, 0.3) is 11.8 Å². The molecular formula is C27H40I5N2O5-. The van der Waals surface area contributed by atoms with Gasteiger partial charge in [-0.2, -0.15) is 0 Å². The maximum absolute atomic E-state index is 11.8. The average molecular weight is 1110 g/mol. The number of benzene rings is 2. The van der Waals surface area contributed by atoms with Gasteiger partial charge < -0.3 is 10.5 Å². The van der Waals surface area contributed by atoms with Crippen LogP contribution in [0.3, 0.4) is 0 Å². The van der Waals surface area contributed by atoms with Crippen molar-refractivity contribution in [1.82, 2.24) is 4.90 Å². The van der Waals surface area contributed by atoms with E-state index in [1.54, 1.807) is 48.5 Å². The molecular weight excluding hydrogens is 1070 g/mol. The third-order valence-electron chi connectivity index (χ3n) is 3.89. The van der Waals surface area contributed by atoms with Crippen LogP contribution in [-0.4, -0.2) is 40.7 Å². The van der Waals surface area contributed by atoms with Crippen LogP contribution in [0.15, 0.2) is 48.5 Å². The largest absolute Gasteiger partial charge is 0.386 e. The number of esters is 2. The number of nitrogens with two attached hydrogens (primary N) is 1. The van der Waals surface area contributed by atoms with Crippen LogP contribution < -0.4 is 19.0 Å². The van der Waals surface area contributed by atoms with Crippen molar-refractivity contribution in [3.8, 4) is 0 Å². The molecule has 2 N–H and O–H groups in total. The molecule has 0 saturated heterocycles. The van der Waals surface area contributed by atoms with Gasteiger partial charge in [0, 0.05) is 43.3 Å². The summed E-state index contributed by atoms with van der Waals surface area (Å²) in [6, 6.07) is 13.7. The van der Waals surface area contributed by atoms with Crippen molar-refractivity contribution < 1.29 is 37.2 Å². The van der Waals surface area contributed by atoms with Crippen LogP contribution in [0.1, 0.15) is 104 Å². The number of halogens is 5. The minimum atomic E-state index is -0.550. The molecule has 0 spiro atoms. The van der Waals surface area contributed by atoms with E-state index in [0.29, 0.717) is 41.6 Å². The molecule has 2 aliphatic heterocycles. The first-order valence-corrected chi connectivity index (χ1v) is 30.5. The molecule has 2 aliphatic rings. The number of carbonyl (C=O) groups excluding carboxylic acids is 4. The minimum Gasteiger partial charge on any atom is -0.386 e. The zero-order chi connectivity index (χ0) is 30.4. The molecule has 0 saturated carbocycles. The molecule has 2 amide bonds. The fourth-order valence-corrected chi connectivity index (χ4v) is 2.71. The molecule has 0 radical (unpaired) electrons. The second kappa shape index (κ2) is 28.4. The van der Waals surface area contributed by atoms with Crippen molar-refractivity contribution >= 4 is 98.2 Å². The van der Waals surface area contributed by atoms with E-state index in [-0.39, 0.29) is 25.3 Å². The molecule has 0 bridgehead atoms. The van der Waals surface area contributed by atoms with E-state index in [0.717, 1.165) is 0 Å². The molecule has 0 aromatic heterocycles. The van der Waals surface area contributed by atoms with Crippen molar-refractivity contribution in [3.05, 3.63) is 70.8 Å². The van der Waals surface area contributed by atoms with Gasteiger partial charge in [-0.3, -0.25) is 14.5 Å². The Labute approximate surface area is 287 Å². The molecule has 2 aromatic rings. The predicted molar refractivity (Wildman–Crippen MR) is 193 cm³/mol. The van der Waals surface area contributed by atoms with Gasteiger partial charge in [0.05, 0.1) is 22.3 Å². The molecule has 39 heavy (non-hydrogen) atoms. The van der Waals surface area contributed by atoms with Crippen LogP contribution in [0.25, 0.3) is 0 Å². The summed E-state index contributed by atoms with van der Waals surface area (Å²) < 4.78 is 4.35. The molecule has 224 valence electrons. The van der Waals surface area contributed by atoms with Gasteiger partial charge in [0.15, 0.2) is 0 Å². The van der Waals surface area contributed by atoms with Crippen molar-refractivity contribution in [1.29, 1.82) is 0 Å². The summed E-state index contributed by atoms with van der Waals surface area (Å²) in [6.45, 7) is 15.6. The number of rotatable bonds is 1. The smallest absolute Gasteiger partial charge is 0.346 e. The fourth-order valence-electron chi connectivity index (χ4n) is 2.71. The summed E-state index contributed by atoms with van der Waals surface area (Å²) in [7, 11) is 0. The Morgan fingerprint density at radius 2 is 0.923 bits per heavy atom. The Balaban J connectivity index is -0.000000219. The van der Waals surface area contributed by atoms with E-state index >= 15 is 0 Å². The second-order valence-corrected chi connectivity index (χ2v) is 23.4. The maximum atomic E-state index is 11.8. The first kappa shape index (κ1) is 46.3. The van der Waals surface area contributed by atoms with E-state index in [2.05, 4.69) is 79.2 Å². The Morgan fingerprint density at radius 3 is 1.15 bits per heavy atom. The average Bonchev–Trinajstić information content (AvgIpc) is 3.35. The Morgan fingerprint density at radius 1 is 0.692 bits per heavy atom. The molecule has 2 heterocycles. The molecule has 0 atom stereocenters. The zero-order valence-corrected chi connectivity index (χ0v) is 33.5. The van der Waals surface area contributed by atoms with Crippen LogP contribution in [0.2, 0.25) is 0 Å². The van der Waals surface area contributed by atoms with Gasteiger partial charge in [-0.15, -0.1) is 0 Å². The number of ether oxygens (including phenoxy) is 1. The summed E-state index contributed by atoms with van der Waals surface area (Å²) in [5.74, 6) is -1.46. The number of hydrogen-bond acceptors (Lipinski definition) is 6. The number of fused-ring (bicyclic) bond motifs is 2. The summed E-state index contributed by atoms with van der Waals surface area (Å²) in [5, 5.41) is 0. The molecule has 4 rings (SSSR count). The predicted octanol–water partition coefficient (Wildman–Crippen LogP) is 6.28.